The molecule has 16 heavy (non-hydrogen) atoms. The van der Waals surface area contributed by atoms with Gasteiger partial charge in [-0.2, -0.15) is 0 Å². The van der Waals surface area contributed by atoms with Gasteiger partial charge in [-0.25, -0.2) is 4.39 Å². The van der Waals surface area contributed by atoms with Crippen molar-refractivity contribution in [3.05, 3.63) is 58.9 Å². The van der Waals surface area contributed by atoms with Crippen LogP contribution in [0, 0.1) is 5.82 Å². The van der Waals surface area contributed by atoms with E-state index in [0.717, 1.165) is 16.7 Å². The average molecular weight is 236 g/mol. The number of rotatable bonds is 2. The Bertz CT molecular complexity index is 494. The first-order valence-corrected chi connectivity index (χ1v) is 5.33. The molecule has 0 unspecified atom stereocenters. The number of hydrogen-bond acceptors (Lipinski definition) is 1. The lowest BCUT2D eigenvalue weighted by atomic mass is 10.0. The van der Waals surface area contributed by atoms with Gasteiger partial charge in [-0.1, -0.05) is 41.9 Å². The monoisotopic (exact) mass is 235 g/mol. The molecule has 1 nitrogen and oxygen atoms in total. The van der Waals surface area contributed by atoms with Gasteiger partial charge >= 0.3 is 0 Å². The molecule has 0 saturated heterocycles. The summed E-state index contributed by atoms with van der Waals surface area (Å²) in [4.78, 5) is 0. The smallest absolute Gasteiger partial charge is 0.142 e. The SMILES string of the molecule is NCc1ccc(-c2ccc(Cl)c(F)c2)cc1. The fourth-order valence-corrected chi connectivity index (χ4v) is 1.63. The summed E-state index contributed by atoms with van der Waals surface area (Å²) >= 11 is 5.62. The summed E-state index contributed by atoms with van der Waals surface area (Å²) in [6.45, 7) is 0.509. The molecule has 0 heterocycles. The van der Waals surface area contributed by atoms with E-state index in [1.807, 2.05) is 24.3 Å². The van der Waals surface area contributed by atoms with Gasteiger partial charge in [0, 0.05) is 6.54 Å². The summed E-state index contributed by atoms with van der Waals surface area (Å²) < 4.78 is 13.3. The van der Waals surface area contributed by atoms with Gasteiger partial charge in [-0.05, 0) is 28.8 Å². The number of benzene rings is 2. The largest absolute Gasteiger partial charge is 0.326 e. The zero-order chi connectivity index (χ0) is 11.5. The molecule has 0 radical (unpaired) electrons. The van der Waals surface area contributed by atoms with Crippen molar-refractivity contribution in [2.75, 3.05) is 0 Å². The molecule has 2 aromatic carbocycles. The minimum absolute atomic E-state index is 0.141. The van der Waals surface area contributed by atoms with Crippen LogP contribution in [0.1, 0.15) is 5.56 Å². The van der Waals surface area contributed by atoms with Crippen molar-refractivity contribution >= 4 is 11.6 Å². The Morgan fingerprint density at radius 2 is 1.62 bits per heavy atom. The molecule has 0 amide bonds. The van der Waals surface area contributed by atoms with Gasteiger partial charge in [0.15, 0.2) is 0 Å². The minimum atomic E-state index is -0.401. The Morgan fingerprint density at radius 1 is 1.00 bits per heavy atom. The molecule has 82 valence electrons. The van der Waals surface area contributed by atoms with Gasteiger partial charge in [0.1, 0.15) is 5.82 Å². The third kappa shape index (κ3) is 2.23. The molecule has 0 aromatic heterocycles. The second-order valence-corrected chi connectivity index (χ2v) is 3.94. The van der Waals surface area contributed by atoms with E-state index in [-0.39, 0.29) is 5.02 Å². The highest BCUT2D eigenvalue weighted by atomic mass is 35.5. The molecule has 0 atom stereocenters. The van der Waals surface area contributed by atoms with Crippen LogP contribution in [0.4, 0.5) is 4.39 Å². The van der Waals surface area contributed by atoms with Crippen LogP contribution in [-0.2, 0) is 6.54 Å². The van der Waals surface area contributed by atoms with Gasteiger partial charge in [0.25, 0.3) is 0 Å². The first kappa shape index (κ1) is 11.1. The Balaban J connectivity index is 2.38. The number of nitrogens with two attached hydrogens (primary N) is 1. The first-order chi connectivity index (χ1) is 7.70. The molecule has 0 bridgehead atoms. The van der Waals surface area contributed by atoms with Crippen molar-refractivity contribution in [3.8, 4) is 11.1 Å². The molecule has 2 rings (SSSR count). The average Bonchev–Trinajstić information content (AvgIpc) is 2.33. The molecule has 0 aliphatic rings. The van der Waals surface area contributed by atoms with Crippen LogP contribution in [-0.4, -0.2) is 0 Å². The molecular formula is C13H11ClFN. The molecule has 0 fully saturated rings. The van der Waals surface area contributed by atoms with E-state index >= 15 is 0 Å². The van der Waals surface area contributed by atoms with Crippen LogP contribution in [0.15, 0.2) is 42.5 Å². The predicted octanol–water partition coefficient (Wildman–Crippen LogP) is 3.60. The fraction of sp³-hybridized carbons (Fsp3) is 0.0769. The maximum atomic E-state index is 13.3. The second-order valence-electron chi connectivity index (χ2n) is 3.53. The molecule has 2 aromatic rings. The highest BCUT2D eigenvalue weighted by molar-refractivity contribution is 6.30. The maximum absolute atomic E-state index is 13.3. The van der Waals surface area contributed by atoms with Crippen molar-refractivity contribution in [2.45, 2.75) is 6.54 Å². The number of halogens is 2. The summed E-state index contributed by atoms with van der Waals surface area (Å²) in [6.07, 6.45) is 0. The van der Waals surface area contributed by atoms with E-state index in [1.165, 1.54) is 6.07 Å². The third-order valence-corrected chi connectivity index (χ3v) is 2.75. The molecule has 2 N–H and O–H groups in total. The van der Waals surface area contributed by atoms with Gasteiger partial charge in [-0.3, -0.25) is 0 Å². The van der Waals surface area contributed by atoms with Crippen molar-refractivity contribution < 1.29 is 4.39 Å². The Hall–Kier alpha value is -1.38. The van der Waals surface area contributed by atoms with Gasteiger partial charge in [0.2, 0.25) is 0 Å². The molecular weight excluding hydrogens is 225 g/mol. The maximum Gasteiger partial charge on any atom is 0.142 e. The van der Waals surface area contributed by atoms with Crippen molar-refractivity contribution in [1.82, 2.24) is 0 Å². The Labute approximate surface area is 98.7 Å². The van der Waals surface area contributed by atoms with E-state index in [9.17, 15) is 4.39 Å². The Kier molecular flexibility index (Phi) is 3.22. The van der Waals surface area contributed by atoms with E-state index in [0.29, 0.717) is 6.54 Å². The van der Waals surface area contributed by atoms with Crippen LogP contribution in [0.3, 0.4) is 0 Å². The first-order valence-electron chi connectivity index (χ1n) is 4.95. The van der Waals surface area contributed by atoms with Gasteiger partial charge in [0.05, 0.1) is 5.02 Å². The second kappa shape index (κ2) is 4.64. The quantitative estimate of drug-likeness (QED) is 0.846. The van der Waals surface area contributed by atoms with E-state index < -0.39 is 5.82 Å². The number of hydrogen-bond donors (Lipinski definition) is 1. The van der Waals surface area contributed by atoms with Crippen LogP contribution in [0.5, 0.6) is 0 Å². The van der Waals surface area contributed by atoms with Gasteiger partial charge in [-0.15, -0.1) is 0 Å². The lowest BCUT2D eigenvalue weighted by Crippen LogP contribution is -1.95. The van der Waals surface area contributed by atoms with Crippen molar-refractivity contribution in [1.29, 1.82) is 0 Å². The highest BCUT2D eigenvalue weighted by Gasteiger charge is 2.02. The van der Waals surface area contributed by atoms with Crippen molar-refractivity contribution in [3.63, 3.8) is 0 Å². The summed E-state index contributed by atoms with van der Waals surface area (Å²) in [5.41, 5.74) is 8.32. The van der Waals surface area contributed by atoms with Gasteiger partial charge < -0.3 is 5.73 Å². The minimum Gasteiger partial charge on any atom is -0.326 e. The lowest BCUT2D eigenvalue weighted by molar-refractivity contribution is 0.629. The van der Waals surface area contributed by atoms with Crippen LogP contribution in [0.25, 0.3) is 11.1 Å². The third-order valence-electron chi connectivity index (χ3n) is 2.44. The Morgan fingerprint density at radius 3 is 2.19 bits per heavy atom. The predicted molar refractivity (Wildman–Crippen MR) is 64.7 cm³/mol. The molecule has 0 spiro atoms. The molecule has 3 heteroatoms. The molecule has 0 aliphatic carbocycles. The summed E-state index contributed by atoms with van der Waals surface area (Å²) in [5, 5.41) is 0.141. The molecule has 0 aliphatic heterocycles. The van der Waals surface area contributed by atoms with E-state index in [4.69, 9.17) is 17.3 Å². The topological polar surface area (TPSA) is 26.0 Å². The zero-order valence-corrected chi connectivity index (χ0v) is 9.34. The standard InChI is InChI=1S/C13H11ClFN/c14-12-6-5-11(7-13(12)15)10-3-1-9(8-16)2-4-10/h1-7H,8,16H2. The van der Waals surface area contributed by atoms with E-state index in [1.54, 1.807) is 12.1 Å². The van der Waals surface area contributed by atoms with Crippen LogP contribution < -0.4 is 5.73 Å². The zero-order valence-electron chi connectivity index (χ0n) is 8.58. The van der Waals surface area contributed by atoms with Crippen LogP contribution >= 0.6 is 11.6 Å². The fourth-order valence-electron chi connectivity index (χ4n) is 1.51. The lowest BCUT2D eigenvalue weighted by Gasteiger charge is -2.04. The molecule has 0 saturated carbocycles. The summed E-state index contributed by atoms with van der Waals surface area (Å²) in [7, 11) is 0. The highest BCUT2D eigenvalue weighted by Crippen LogP contribution is 2.24. The van der Waals surface area contributed by atoms with Crippen molar-refractivity contribution in [2.24, 2.45) is 5.73 Å². The summed E-state index contributed by atoms with van der Waals surface area (Å²) in [6, 6.07) is 12.5. The van der Waals surface area contributed by atoms with E-state index in [2.05, 4.69) is 0 Å². The summed E-state index contributed by atoms with van der Waals surface area (Å²) in [5.74, 6) is -0.401. The normalized spacial score (nSPS) is 10.4. The van der Waals surface area contributed by atoms with Crippen LogP contribution in [0.2, 0.25) is 5.02 Å².